The summed E-state index contributed by atoms with van der Waals surface area (Å²) in [6, 6.07) is 6.56. The fraction of sp³-hybridized carbons (Fsp3) is 0.571. The molecule has 0 spiro atoms. The van der Waals surface area contributed by atoms with Gasteiger partial charge in [-0.05, 0) is 61.3 Å². The number of esters is 1. The molecule has 0 aromatic heterocycles. The number of anilines is 1. The maximum atomic E-state index is 12.2. The van der Waals surface area contributed by atoms with E-state index in [4.69, 9.17) is 4.74 Å². The van der Waals surface area contributed by atoms with Crippen molar-refractivity contribution in [2.24, 2.45) is 17.3 Å². The molecule has 0 radical (unpaired) electrons. The first-order chi connectivity index (χ1) is 12.2. The zero-order valence-corrected chi connectivity index (χ0v) is 16.1. The van der Waals surface area contributed by atoms with Gasteiger partial charge in [0.2, 0.25) is 5.91 Å². The van der Waals surface area contributed by atoms with Crippen LogP contribution >= 0.6 is 0 Å². The van der Waals surface area contributed by atoms with Crippen LogP contribution in [0, 0.1) is 17.3 Å². The highest BCUT2D eigenvalue weighted by Crippen LogP contribution is 2.40. The Bertz CT molecular complexity index is 650. The predicted molar refractivity (Wildman–Crippen MR) is 101 cm³/mol. The van der Waals surface area contributed by atoms with Crippen LogP contribution in [0.15, 0.2) is 24.3 Å². The molecule has 1 aromatic carbocycles. The quantitative estimate of drug-likeness (QED) is 0.631. The Morgan fingerprint density at radius 1 is 1.04 bits per heavy atom. The smallest absolute Gasteiger partial charge is 0.309 e. The zero-order chi connectivity index (χ0) is 19.3. The highest BCUT2D eigenvalue weighted by molar-refractivity contribution is 5.98. The molecule has 0 heterocycles. The maximum absolute atomic E-state index is 12.2. The zero-order valence-electron chi connectivity index (χ0n) is 16.1. The van der Waals surface area contributed by atoms with Gasteiger partial charge in [0.05, 0.1) is 5.92 Å². The van der Waals surface area contributed by atoms with E-state index in [2.05, 4.69) is 26.1 Å². The van der Waals surface area contributed by atoms with Crippen LogP contribution in [0.2, 0.25) is 0 Å². The second-order valence-electron chi connectivity index (χ2n) is 8.20. The molecule has 142 valence electrons. The van der Waals surface area contributed by atoms with Crippen LogP contribution in [0.4, 0.5) is 5.69 Å². The molecule has 0 bridgehead atoms. The van der Waals surface area contributed by atoms with E-state index in [0.29, 0.717) is 17.2 Å². The fourth-order valence-corrected chi connectivity index (χ4v) is 3.48. The van der Waals surface area contributed by atoms with Crippen molar-refractivity contribution in [3.63, 3.8) is 0 Å². The summed E-state index contributed by atoms with van der Waals surface area (Å²) in [7, 11) is 0. The van der Waals surface area contributed by atoms with Gasteiger partial charge in [-0.15, -0.1) is 0 Å². The van der Waals surface area contributed by atoms with E-state index < -0.39 is 0 Å². The number of Topliss-reactive ketones (excluding diaryl/α,β-unsaturated/α-hetero) is 1. The first-order valence-corrected chi connectivity index (χ1v) is 9.24. The summed E-state index contributed by atoms with van der Waals surface area (Å²) >= 11 is 0. The van der Waals surface area contributed by atoms with Crippen LogP contribution in [0.5, 0.6) is 0 Å². The molecule has 1 amide bonds. The minimum Gasteiger partial charge on any atom is -0.457 e. The highest BCUT2D eigenvalue weighted by atomic mass is 16.5. The van der Waals surface area contributed by atoms with Gasteiger partial charge in [-0.3, -0.25) is 14.4 Å². The minimum absolute atomic E-state index is 0.0939. The lowest BCUT2D eigenvalue weighted by molar-refractivity contribution is -0.149. The summed E-state index contributed by atoms with van der Waals surface area (Å²) in [4.78, 5) is 35.4. The minimum atomic E-state index is -0.263. The van der Waals surface area contributed by atoms with Gasteiger partial charge in [-0.25, -0.2) is 0 Å². The molecule has 1 saturated carbocycles. The lowest BCUT2D eigenvalue weighted by atomic mass is 9.70. The van der Waals surface area contributed by atoms with Gasteiger partial charge < -0.3 is 10.1 Å². The summed E-state index contributed by atoms with van der Waals surface area (Å²) in [6.07, 6.45) is 3.73. The lowest BCUT2D eigenvalue weighted by Gasteiger charge is -2.36. The normalized spacial score (nSPS) is 20.3. The van der Waals surface area contributed by atoms with Crippen molar-refractivity contribution in [1.29, 1.82) is 0 Å². The van der Waals surface area contributed by atoms with E-state index in [9.17, 15) is 14.4 Å². The summed E-state index contributed by atoms with van der Waals surface area (Å²) in [5.74, 6) is -0.130. The Morgan fingerprint density at radius 2 is 1.62 bits per heavy atom. The number of carbonyl (C=O) groups is 3. The Kier molecular flexibility index (Phi) is 6.57. The number of carbonyl (C=O) groups excluding carboxylic acids is 3. The summed E-state index contributed by atoms with van der Waals surface area (Å²) in [6.45, 7) is 7.91. The molecule has 0 aliphatic heterocycles. The van der Waals surface area contributed by atoms with E-state index in [0.717, 1.165) is 25.7 Å². The average Bonchev–Trinajstić information content (AvgIpc) is 2.59. The number of amides is 1. The SMILES string of the molecule is CC(=O)Nc1ccc(C(=O)COC(=O)C2CCC(C(C)(C)C)CC2)cc1. The molecule has 5 nitrogen and oxygen atoms in total. The van der Waals surface area contributed by atoms with Crippen molar-refractivity contribution in [3.05, 3.63) is 29.8 Å². The molecule has 0 saturated heterocycles. The summed E-state index contributed by atoms with van der Waals surface area (Å²) in [5, 5.41) is 2.64. The van der Waals surface area contributed by atoms with Crippen LogP contribution < -0.4 is 5.32 Å². The van der Waals surface area contributed by atoms with Crippen LogP contribution in [-0.4, -0.2) is 24.3 Å². The Balaban J connectivity index is 1.80. The van der Waals surface area contributed by atoms with Crippen molar-refractivity contribution < 1.29 is 19.1 Å². The van der Waals surface area contributed by atoms with Gasteiger partial charge in [0.25, 0.3) is 0 Å². The van der Waals surface area contributed by atoms with E-state index in [1.807, 2.05) is 0 Å². The van der Waals surface area contributed by atoms with Crippen molar-refractivity contribution in [2.75, 3.05) is 11.9 Å². The number of nitrogens with one attached hydrogen (secondary N) is 1. The Morgan fingerprint density at radius 3 is 2.12 bits per heavy atom. The summed E-state index contributed by atoms with van der Waals surface area (Å²) < 4.78 is 5.26. The predicted octanol–water partition coefficient (Wildman–Crippen LogP) is 4.22. The number of rotatable bonds is 5. The molecule has 5 heteroatoms. The first-order valence-electron chi connectivity index (χ1n) is 9.24. The van der Waals surface area contributed by atoms with Crippen LogP contribution in [-0.2, 0) is 14.3 Å². The van der Waals surface area contributed by atoms with E-state index in [1.54, 1.807) is 24.3 Å². The molecule has 0 unspecified atom stereocenters. The topological polar surface area (TPSA) is 72.5 Å². The van der Waals surface area contributed by atoms with Crippen LogP contribution in [0.1, 0.15) is 63.7 Å². The third-order valence-electron chi connectivity index (χ3n) is 5.16. The third-order valence-corrected chi connectivity index (χ3v) is 5.16. The van der Waals surface area contributed by atoms with Crippen molar-refractivity contribution in [1.82, 2.24) is 0 Å². The van der Waals surface area contributed by atoms with E-state index in [-0.39, 0.29) is 35.6 Å². The van der Waals surface area contributed by atoms with Gasteiger partial charge in [0, 0.05) is 18.2 Å². The number of hydrogen-bond acceptors (Lipinski definition) is 4. The molecule has 0 atom stereocenters. The molecule has 1 fully saturated rings. The monoisotopic (exact) mass is 359 g/mol. The lowest BCUT2D eigenvalue weighted by Crippen LogP contribution is -2.30. The van der Waals surface area contributed by atoms with Gasteiger partial charge in [0.1, 0.15) is 0 Å². The molecular formula is C21H29NO4. The van der Waals surface area contributed by atoms with Crippen molar-refractivity contribution in [3.8, 4) is 0 Å². The average molecular weight is 359 g/mol. The molecule has 1 aliphatic carbocycles. The standard InChI is InChI=1S/C21H29NO4/c1-14(23)22-18-11-7-15(8-12-18)19(24)13-26-20(25)16-5-9-17(10-6-16)21(2,3)4/h7-8,11-12,16-17H,5-6,9-10,13H2,1-4H3,(H,22,23). The van der Waals surface area contributed by atoms with Gasteiger partial charge in [-0.2, -0.15) is 0 Å². The number of benzene rings is 1. The van der Waals surface area contributed by atoms with E-state index in [1.165, 1.54) is 6.92 Å². The third kappa shape index (κ3) is 5.68. The second-order valence-corrected chi connectivity index (χ2v) is 8.20. The number of hydrogen-bond donors (Lipinski definition) is 1. The molecule has 2 rings (SSSR count). The second kappa shape index (κ2) is 8.47. The largest absolute Gasteiger partial charge is 0.457 e. The highest BCUT2D eigenvalue weighted by Gasteiger charge is 2.33. The van der Waals surface area contributed by atoms with E-state index >= 15 is 0 Å². The Labute approximate surface area is 155 Å². The fourth-order valence-electron chi connectivity index (χ4n) is 3.48. The molecule has 1 aromatic rings. The number of ketones is 1. The maximum Gasteiger partial charge on any atom is 0.309 e. The molecule has 1 aliphatic rings. The molecule has 26 heavy (non-hydrogen) atoms. The summed E-state index contributed by atoms with van der Waals surface area (Å²) in [5.41, 5.74) is 1.36. The van der Waals surface area contributed by atoms with Gasteiger partial charge >= 0.3 is 5.97 Å². The number of ether oxygens (including phenoxy) is 1. The van der Waals surface area contributed by atoms with Crippen molar-refractivity contribution in [2.45, 2.75) is 53.4 Å². The molecular weight excluding hydrogens is 330 g/mol. The van der Waals surface area contributed by atoms with Crippen LogP contribution in [0.3, 0.4) is 0 Å². The van der Waals surface area contributed by atoms with Crippen molar-refractivity contribution >= 4 is 23.3 Å². The van der Waals surface area contributed by atoms with Gasteiger partial charge in [0.15, 0.2) is 12.4 Å². The molecule has 1 N–H and O–H groups in total. The first kappa shape index (κ1) is 20.1. The Hall–Kier alpha value is -2.17. The van der Waals surface area contributed by atoms with Gasteiger partial charge in [-0.1, -0.05) is 20.8 Å². The van der Waals surface area contributed by atoms with Crippen LogP contribution in [0.25, 0.3) is 0 Å².